The van der Waals surface area contributed by atoms with Crippen molar-refractivity contribution in [1.29, 1.82) is 0 Å². The van der Waals surface area contributed by atoms with E-state index in [4.69, 9.17) is 4.52 Å². The van der Waals surface area contributed by atoms with E-state index in [-0.39, 0.29) is 11.9 Å². The van der Waals surface area contributed by atoms with Crippen molar-refractivity contribution in [2.24, 2.45) is 0 Å². The molecule has 5 nitrogen and oxygen atoms in total. The number of likely N-dealkylation sites (tertiary alicyclic amines) is 1. The Morgan fingerprint density at radius 3 is 2.48 bits per heavy atom. The van der Waals surface area contributed by atoms with E-state index in [1.54, 1.807) is 0 Å². The van der Waals surface area contributed by atoms with Gasteiger partial charge in [-0.2, -0.15) is 0 Å². The summed E-state index contributed by atoms with van der Waals surface area (Å²) >= 11 is 0. The Labute approximate surface area is 148 Å². The van der Waals surface area contributed by atoms with Crippen LogP contribution in [0.2, 0.25) is 0 Å². The molecular weight excluding hydrogens is 314 g/mol. The molecule has 2 fully saturated rings. The maximum atomic E-state index is 13.1. The summed E-state index contributed by atoms with van der Waals surface area (Å²) < 4.78 is 5.23. The number of carbonyl (C=O) groups is 1. The third-order valence-corrected chi connectivity index (χ3v) is 5.34. The van der Waals surface area contributed by atoms with Crippen molar-refractivity contribution in [2.75, 3.05) is 24.5 Å². The van der Waals surface area contributed by atoms with Crippen LogP contribution in [-0.4, -0.2) is 35.6 Å². The lowest BCUT2D eigenvalue weighted by molar-refractivity contribution is 0.0602. The van der Waals surface area contributed by atoms with Gasteiger partial charge >= 0.3 is 0 Å². The fourth-order valence-corrected chi connectivity index (χ4v) is 3.98. The molecule has 0 spiro atoms. The highest BCUT2D eigenvalue weighted by Gasteiger charge is 2.30. The minimum Gasteiger partial charge on any atom is -0.372 e. The number of nitrogens with zero attached hydrogens (tertiary/aromatic N) is 3. The zero-order valence-corrected chi connectivity index (χ0v) is 14.8. The second-order valence-corrected chi connectivity index (χ2v) is 7.11. The zero-order chi connectivity index (χ0) is 17.2. The molecule has 1 aromatic carbocycles. The lowest BCUT2D eigenvalue weighted by Gasteiger charge is -2.34. The summed E-state index contributed by atoms with van der Waals surface area (Å²) in [4.78, 5) is 17.4. The van der Waals surface area contributed by atoms with E-state index in [2.05, 4.69) is 22.2 Å². The van der Waals surface area contributed by atoms with Crippen LogP contribution in [0.15, 0.2) is 34.9 Å². The minimum absolute atomic E-state index is 0.0250. The van der Waals surface area contributed by atoms with Gasteiger partial charge in [-0.3, -0.25) is 4.79 Å². The Morgan fingerprint density at radius 1 is 1.08 bits per heavy atom. The number of anilines is 1. The standard InChI is InChI=1S/C20H25N3O2/c1-15-14-18(21-25-15)19-6-2-3-13-23(19)20(24)16-7-9-17(10-8-16)22-11-4-5-12-22/h7-10,14,19H,2-6,11-13H2,1H3. The number of rotatable bonds is 3. The van der Waals surface area contributed by atoms with Crippen LogP contribution in [0.3, 0.4) is 0 Å². The van der Waals surface area contributed by atoms with E-state index in [0.29, 0.717) is 0 Å². The van der Waals surface area contributed by atoms with Gasteiger partial charge in [0.05, 0.1) is 6.04 Å². The molecule has 25 heavy (non-hydrogen) atoms. The molecule has 2 aliphatic rings. The molecule has 1 amide bonds. The second-order valence-electron chi connectivity index (χ2n) is 7.11. The third kappa shape index (κ3) is 3.28. The van der Waals surface area contributed by atoms with Gasteiger partial charge in [-0.05, 0) is 63.3 Å². The predicted molar refractivity (Wildman–Crippen MR) is 96.8 cm³/mol. The van der Waals surface area contributed by atoms with Crippen LogP contribution in [0.4, 0.5) is 5.69 Å². The summed E-state index contributed by atoms with van der Waals surface area (Å²) in [5, 5.41) is 4.16. The fourth-order valence-electron chi connectivity index (χ4n) is 3.98. The highest BCUT2D eigenvalue weighted by Crippen LogP contribution is 2.32. The number of aromatic nitrogens is 1. The fraction of sp³-hybridized carbons (Fsp3) is 0.500. The third-order valence-electron chi connectivity index (χ3n) is 5.34. The van der Waals surface area contributed by atoms with Gasteiger partial charge in [-0.1, -0.05) is 5.16 Å². The molecule has 0 bridgehead atoms. The minimum atomic E-state index is 0.0250. The van der Waals surface area contributed by atoms with Gasteiger partial charge in [-0.15, -0.1) is 0 Å². The van der Waals surface area contributed by atoms with Crippen LogP contribution in [0, 0.1) is 6.92 Å². The lowest BCUT2D eigenvalue weighted by atomic mass is 9.98. The maximum Gasteiger partial charge on any atom is 0.254 e. The quantitative estimate of drug-likeness (QED) is 0.849. The van der Waals surface area contributed by atoms with Crippen molar-refractivity contribution in [2.45, 2.75) is 45.1 Å². The summed E-state index contributed by atoms with van der Waals surface area (Å²) in [5.41, 5.74) is 2.85. The Bertz CT molecular complexity index is 732. The topological polar surface area (TPSA) is 49.6 Å². The average molecular weight is 339 g/mol. The maximum absolute atomic E-state index is 13.1. The number of benzene rings is 1. The van der Waals surface area contributed by atoms with Gasteiger partial charge in [-0.25, -0.2) is 0 Å². The van der Waals surface area contributed by atoms with Crippen molar-refractivity contribution in [1.82, 2.24) is 10.1 Å². The molecule has 132 valence electrons. The number of aryl methyl sites for hydroxylation is 1. The second kappa shape index (κ2) is 6.90. The molecule has 2 saturated heterocycles. The van der Waals surface area contributed by atoms with Crippen molar-refractivity contribution < 1.29 is 9.32 Å². The van der Waals surface area contributed by atoms with Gasteiger partial charge in [0.2, 0.25) is 0 Å². The summed E-state index contributed by atoms with van der Waals surface area (Å²) in [7, 11) is 0. The number of carbonyl (C=O) groups excluding carboxylic acids is 1. The molecule has 0 radical (unpaired) electrons. The van der Waals surface area contributed by atoms with E-state index < -0.39 is 0 Å². The summed E-state index contributed by atoms with van der Waals surface area (Å²) in [6, 6.07) is 10.1. The molecule has 2 aliphatic heterocycles. The first kappa shape index (κ1) is 16.2. The molecule has 1 unspecified atom stereocenters. The Hall–Kier alpha value is -2.30. The zero-order valence-electron chi connectivity index (χ0n) is 14.8. The number of hydrogen-bond acceptors (Lipinski definition) is 4. The molecular formula is C20H25N3O2. The Kier molecular flexibility index (Phi) is 4.47. The highest BCUT2D eigenvalue weighted by molar-refractivity contribution is 5.95. The summed E-state index contributed by atoms with van der Waals surface area (Å²) in [6.07, 6.45) is 5.63. The van der Waals surface area contributed by atoms with Crippen molar-refractivity contribution >= 4 is 11.6 Å². The molecule has 0 saturated carbocycles. The van der Waals surface area contributed by atoms with Crippen molar-refractivity contribution in [3.05, 3.63) is 47.3 Å². The molecule has 2 aromatic rings. The monoisotopic (exact) mass is 339 g/mol. The number of hydrogen-bond donors (Lipinski definition) is 0. The van der Waals surface area contributed by atoms with Crippen molar-refractivity contribution in [3.63, 3.8) is 0 Å². The Morgan fingerprint density at radius 2 is 1.80 bits per heavy atom. The summed E-state index contributed by atoms with van der Waals surface area (Å²) in [5.74, 6) is 0.890. The normalized spacial score (nSPS) is 20.9. The van der Waals surface area contributed by atoms with Gasteiger partial charge in [0.15, 0.2) is 0 Å². The first-order valence-electron chi connectivity index (χ1n) is 9.31. The predicted octanol–water partition coefficient (Wildman–Crippen LogP) is 3.95. The first-order chi connectivity index (χ1) is 12.2. The molecule has 0 aliphatic carbocycles. The van der Waals surface area contributed by atoms with E-state index in [1.165, 1.54) is 18.5 Å². The Balaban J connectivity index is 1.53. The van der Waals surface area contributed by atoms with E-state index in [9.17, 15) is 4.79 Å². The smallest absolute Gasteiger partial charge is 0.254 e. The van der Waals surface area contributed by atoms with Gasteiger partial charge < -0.3 is 14.3 Å². The SMILES string of the molecule is Cc1cc(C2CCCCN2C(=O)c2ccc(N3CCCC3)cc2)no1. The van der Waals surface area contributed by atoms with E-state index in [1.807, 2.05) is 30.0 Å². The van der Waals surface area contributed by atoms with Crippen LogP contribution in [-0.2, 0) is 0 Å². The van der Waals surface area contributed by atoms with E-state index >= 15 is 0 Å². The largest absolute Gasteiger partial charge is 0.372 e. The van der Waals surface area contributed by atoms with E-state index in [0.717, 1.165) is 55.9 Å². The van der Waals surface area contributed by atoms with Crippen LogP contribution >= 0.6 is 0 Å². The van der Waals surface area contributed by atoms with Crippen molar-refractivity contribution in [3.8, 4) is 0 Å². The molecule has 1 atom stereocenters. The molecule has 0 N–H and O–H groups in total. The highest BCUT2D eigenvalue weighted by atomic mass is 16.5. The first-order valence-corrected chi connectivity index (χ1v) is 9.31. The number of amides is 1. The number of piperidine rings is 1. The lowest BCUT2D eigenvalue weighted by Crippen LogP contribution is -2.38. The van der Waals surface area contributed by atoms with Crippen LogP contribution in [0.5, 0.6) is 0 Å². The van der Waals surface area contributed by atoms with Crippen LogP contribution < -0.4 is 4.90 Å². The average Bonchev–Trinajstić information content (AvgIpc) is 3.33. The van der Waals surface area contributed by atoms with Gasteiger partial charge in [0.1, 0.15) is 11.5 Å². The van der Waals surface area contributed by atoms with Gasteiger partial charge in [0, 0.05) is 37.0 Å². The molecule has 3 heterocycles. The molecule has 5 heteroatoms. The molecule has 1 aromatic heterocycles. The van der Waals surface area contributed by atoms with Crippen LogP contribution in [0.1, 0.15) is 60.0 Å². The van der Waals surface area contributed by atoms with Gasteiger partial charge in [0.25, 0.3) is 5.91 Å². The summed E-state index contributed by atoms with van der Waals surface area (Å²) in [6.45, 7) is 4.91. The molecule has 4 rings (SSSR count). The van der Waals surface area contributed by atoms with Crippen LogP contribution in [0.25, 0.3) is 0 Å².